The van der Waals surface area contributed by atoms with Crippen molar-refractivity contribution in [2.24, 2.45) is 5.14 Å². The van der Waals surface area contributed by atoms with Crippen molar-refractivity contribution in [3.63, 3.8) is 0 Å². The number of primary sulfonamides is 1. The average molecular weight is 460 g/mol. The minimum atomic E-state index is -4.11. The second-order valence-corrected chi connectivity index (χ2v) is 8.02. The molecule has 0 saturated carbocycles. The van der Waals surface area contributed by atoms with Gasteiger partial charge in [0.05, 0.1) is 30.5 Å². The summed E-state index contributed by atoms with van der Waals surface area (Å²) in [5.74, 6) is 0.757. The third kappa shape index (κ3) is 4.84. The molecule has 0 spiro atoms. The van der Waals surface area contributed by atoms with Gasteiger partial charge in [-0.25, -0.2) is 18.5 Å². The lowest BCUT2D eigenvalue weighted by molar-refractivity contribution is -0.384. The number of anilines is 4. The van der Waals surface area contributed by atoms with E-state index >= 15 is 0 Å². The molecule has 2 aromatic carbocycles. The molecule has 4 N–H and O–H groups in total. The predicted octanol–water partition coefficient (Wildman–Crippen LogP) is 2.85. The summed E-state index contributed by atoms with van der Waals surface area (Å²) < 4.78 is 34.5. The molecule has 3 rings (SSSR count). The zero-order valence-electron chi connectivity index (χ0n) is 17.3. The van der Waals surface area contributed by atoms with Gasteiger partial charge in [-0.15, -0.1) is 0 Å². The molecule has 0 aliphatic rings. The number of sulfonamides is 1. The van der Waals surface area contributed by atoms with Crippen molar-refractivity contribution in [1.82, 2.24) is 9.97 Å². The maximum absolute atomic E-state index is 12.0. The zero-order valence-corrected chi connectivity index (χ0v) is 18.1. The summed E-state index contributed by atoms with van der Waals surface area (Å²) in [5.41, 5.74) is 0.555. The van der Waals surface area contributed by atoms with Gasteiger partial charge >= 0.3 is 5.69 Å². The Morgan fingerprint density at radius 3 is 2.50 bits per heavy atom. The number of aromatic nitrogens is 2. The molecule has 0 bridgehead atoms. The van der Waals surface area contributed by atoms with Crippen LogP contribution >= 0.6 is 0 Å². The van der Waals surface area contributed by atoms with Gasteiger partial charge in [-0.05, 0) is 30.7 Å². The zero-order chi connectivity index (χ0) is 23.5. The molecule has 0 saturated heterocycles. The highest BCUT2D eigenvalue weighted by Gasteiger charge is 2.22. The number of hydrogen-bond acceptors (Lipinski definition) is 10. The topological polar surface area (TPSA) is 172 Å². The Labute approximate surface area is 183 Å². The van der Waals surface area contributed by atoms with Crippen LogP contribution in [0, 0.1) is 17.0 Å². The standard InChI is InChI=1S/C19H20N6O6S/c1-11-5-4-6-16(32(20,28)29)17(11)23-18-14(25(26)27)10-21-19(24-18)22-13-9-12(30-2)7-8-15(13)31-3/h4-10H,1-3H3,(H2,20,28,29)(H2,21,22,23,24). The van der Waals surface area contributed by atoms with Gasteiger partial charge in [-0.2, -0.15) is 4.98 Å². The van der Waals surface area contributed by atoms with E-state index in [1.165, 1.54) is 26.4 Å². The molecule has 12 nitrogen and oxygen atoms in total. The van der Waals surface area contributed by atoms with Crippen LogP contribution in [-0.4, -0.2) is 37.5 Å². The van der Waals surface area contributed by atoms with Crippen LogP contribution in [0.1, 0.15) is 5.56 Å². The Morgan fingerprint density at radius 2 is 1.88 bits per heavy atom. The number of methoxy groups -OCH3 is 2. The quantitative estimate of drug-likeness (QED) is 0.335. The second kappa shape index (κ2) is 9.03. The molecular weight excluding hydrogens is 440 g/mol. The predicted molar refractivity (Wildman–Crippen MR) is 117 cm³/mol. The number of nitrogens with one attached hydrogen (secondary N) is 2. The molecule has 0 aliphatic carbocycles. The number of ether oxygens (including phenoxy) is 2. The molecule has 1 heterocycles. The van der Waals surface area contributed by atoms with Crippen LogP contribution in [0.4, 0.5) is 28.8 Å². The number of nitrogens with two attached hydrogens (primary N) is 1. The minimum Gasteiger partial charge on any atom is -0.497 e. The molecule has 1 aromatic heterocycles. The molecule has 0 atom stereocenters. The van der Waals surface area contributed by atoms with Crippen LogP contribution in [0.2, 0.25) is 0 Å². The van der Waals surface area contributed by atoms with E-state index in [1.54, 1.807) is 31.2 Å². The van der Waals surface area contributed by atoms with Crippen molar-refractivity contribution < 1.29 is 22.8 Å². The largest absolute Gasteiger partial charge is 0.497 e. The summed E-state index contributed by atoms with van der Waals surface area (Å²) >= 11 is 0. The van der Waals surface area contributed by atoms with Crippen molar-refractivity contribution in [3.8, 4) is 11.5 Å². The van der Waals surface area contributed by atoms with Crippen molar-refractivity contribution >= 4 is 38.9 Å². The molecule has 0 unspecified atom stereocenters. The number of benzene rings is 2. The van der Waals surface area contributed by atoms with Crippen molar-refractivity contribution in [2.75, 3.05) is 24.9 Å². The van der Waals surface area contributed by atoms with Crippen molar-refractivity contribution in [1.29, 1.82) is 0 Å². The fourth-order valence-electron chi connectivity index (χ4n) is 2.85. The minimum absolute atomic E-state index is 0.00427. The molecule has 3 aromatic rings. The molecular formula is C19H20N6O6S. The number of nitrogens with zero attached hydrogens (tertiary/aromatic N) is 3. The number of aryl methyl sites for hydroxylation is 1. The summed E-state index contributed by atoms with van der Waals surface area (Å²) in [5, 5.41) is 22.5. The summed E-state index contributed by atoms with van der Waals surface area (Å²) in [4.78, 5) is 18.8. The van der Waals surface area contributed by atoms with E-state index in [-0.39, 0.29) is 22.3 Å². The molecule has 0 fully saturated rings. The lowest BCUT2D eigenvalue weighted by Gasteiger charge is -2.15. The molecule has 168 valence electrons. The average Bonchev–Trinajstić information content (AvgIpc) is 2.74. The van der Waals surface area contributed by atoms with Gasteiger partial charge in [0.2, 0.25) is 21.8 Å². The highest BCUT2D eigenvalue weighted by molar-refractivity contribution is 7.89. The SMILES string of the molecule is COc1ccc(OC)c(Nc2ncc([N+](=O)[O-])c(Nc3c(C)cccc3S(N)(=O)=O)n2)c1. The van der Waals surface area contributed by atoms with E-state index < -0.39 is 20.6 Å². The molecule has 0 aliphatic heterocycles. The Bertz CT molecular complexity index is 1280. The fraction of sp³-hybridized carbons (Fsp3) is 0.158. The smallest absolute Gasteiger partial charge is 0.329 e. The van der Waals surface area contributed by atoms with Gasteiger partial charge in [0.15, 0.2) is 0 Å². The summed E-state index contributed by atoms with van der Waals surface area (Å²) in [6.07, 6.45) is 0.999. The third-order valence-electron chi connectivity index (χ3n) is 4.40. The Hall–Kier alpha value is -3.97. The highest BCUT2D eigenvalue weighted by Crippen LogP contribution is 2.34. The van der Waals surface area contributed by atoms with Crippen molar-refractivity contribution in [3.05, 3.63) is 58.3 Å². The van der Waals surface area contributed by atoms with E-state index in [0.29, 0.717) is 22.7 Å². The number of nitro groups is 1. The lowest BCUT2D eigenvalue weighted by Crippen LogP contribution is -2.15. The van der Waals surface area contributed by atoms with E-state index in [0.717, 1.165) is 6.20 Å². The first kappa shape index (κ1) is 22.7. The fourth-order valence-corrected chi connectivity index (χ4v) is 3.61. The summed E-state index contributed by atoms with van der Waals surface area (Å²) in [7, 11) is -1.13. The lowest BCUT2D eigenvalue weighted by atomic mass is 10.2. The monoisotopic (exact) mass is 460 g/mol. The van der Waals surface area contributed by atoms with Crippen molar-refractivity contribution in [2.45, 2.75) is 11.8 Å². The van der Waals surface area contributed by atoms with E-state index in [2.05, 4.69) is 20.6 Å². The molecule has 32 heavy (non-hydrogen) atoms. The van der Waals surface area contributed by atoms with Crippen LogP contribution in [0.25, 0.3) is 0 Å². The number of rotatable bonds is 8. The first-order valence-electron chi connectivity index (χ1n) is 9.04. The first-order chi connectivity index (χ1) is 15.1. The van der Waals surface area contributed by atoms with Gasteiger partial charge < -0.3 is 20.1 Å². The van der Waals surface area contributed by atoms with Crippen LogP contribution < -0.4 is 25.2 Å². The third-order valence-corrected chi connectivity index (χ3v) is 5.36. The van der Waals surface area contributed by atoms with Crippen LogP contribution in [-0.2, 0) is 10.0 Å². The number of hydrogen-bond donors (Lipinski definition) is 3. The summed E-state index contributed by atoms with van der Waals surface area (Å²) in [6.45, 7) is 1.63. The Morgan fingerprint density at radius 1 is 1.12 bits per heavy atom. The second-order valence-electron chi connectivity index (χ2n) is 6.49. The Kier molecular flexibility index (Phi) is 6.41. The maximum atomic E-state index is 12.0. The highest BCUT2D eigenvalue weighted by atomic mass is 32.2. The first-order valence-corrected chi connectivity index (χ1v) is 10.6. The van der Waals surface area contributed by atoms with Crippen LogP contribution in [0.5, 0.6) is 11.5 Å². The van der Waals surface area contributed by atoms with Gasteiger partial charge in [-0.3, -0.25) is 10.1 Å². The van der Waals surface area contributed by atoms with E-state index in [1.807, 2.05) is 0 Å². The van der Waals surface area contributed by atoms with Crippen LogP contribution in [0.15, 0.2) is 47.5 Å². The molecule has 13 heteroatoms. The molecule has 0 radical (unpaired) electrons. The maximum Gasteiger partial charge on any atom is 0.329 e. The van der Waals surface area contributed by atoms with Gasteiger partial charge in [0.25, 0.3) is 0 Å². The van der Waals surface area contributed by atoms with Gasteiger partial charge in [0.1, 0.15) is 22.6 Å². The Balaban J connectivity index is 2.08. The van der Waals surface area contributed by atoms with Crippen LogP contribution in [0.3, 0.4) is 0 Å². The van der Waals surface area contributed by atoms with Gasteiger partial charge in [0, 0.05) is 6.07 Å². The van der Waals surface area contributed by atoms with E-state index in [4.69, 9.17) is 14.6 Å². The summed E-state index contributed by atoms with van der Waals surface area (Å²) in [6, 6.07) is 9.42. The molecule has 0 amide bonds. The number of para-hydroxylation sites is 1. The van der Waals surface area contributed by atoms with Gasteiger partial charge in [-0.1, -0.05) is 12.1 Å². The normalized spacial score (nSPS) is 11.0. The van der Waals surface area contributed by atoms with E-state index in [9.17, 15) is 18.5 Å².